The molecule has 29 heavy (non-hydrogen) atoms. The van der Waals surface area contributed by atoms with Gasteiger partial charge in [-0.15, -0.1) is 0 Å². The number of hydrogen-bond acceptors (Lipinski definition) is 4. The van der Waals surface area contributed by atoms with Crippen molar-refractivity contribution in [3.63, 3.8) is 0 Å². The van der Waals surface area contributed by atoms with Crippen LogP contribution in [0.25, 0.3) is 0 Å². The first-order valence-electron chi connectivity index (χ1n) is 10.8. The Morgan fingerprint density at radius 2 is 1.79 bits per heavy atom. The molecule has 1 aliphatic rings. The van der Waals surface area contributed by atoms with Crippen molar-refractivity contribution in [3.8, 4) is 0 Å². The van der Waals surface area contributed by atoms with Gasteiger partial charge in [-0.2, -0.15) is 0 Å². The smallest absolute Gasteiger partial charge is 0.315 e. The predicted molar refractivity (Wildman–Crippen MR) is 116 cm³/mol. The summed E-state index contributed by atoms with van der Waals surface area (Å²) in [5.41, 5.74) is 2.43. The average molecular weight is 399 g/mol. The zero-order chi connectivity index (χ0) is 20.5. The lowest BCUT2D eigenvalue weighted by molar-refractivity contribution is 0.203. The number of likely N-dealkylation sites (tertiary alicyclic amines) is 1. The van der Waals surface area contributed by atoms with E-state index in [4.69, 9.17) is 4.42 Å². The van der Waals surface area contributed by atoms with Gasteiger partial charge in [0, 0.05) is 19.6 Å². The van der Waals surface area contributed by atoms with Gasteiger partial charge in [0.05, 0.1) is 12.3 Å². The number of hydrogen-bond donors (Lipinski definition) is 2. The molecule has 0 spiro atoms. The Morgan fingerprint density at radius 1 is 1.07 bits per heavy atom. The van der Waals surface area contributed by atoms with Crippen LogP contribution in [0.4, 0.5) is 4.79 Å². The number of urea groups is 1. The fourth-order valence-corrected chi connectivity index (χ4v) is 3.94. The van der Waals surface area contributed by atoms with Gasteiger partial charge in [-0.1, -0.05) is 38.1 Å². The van der Waals surface area contributed by atoms with Gasteiger partial charge in [0.2, 0.25) is 0 Å². The fraction of sp³-hybridized carbons (Fsp3) is 0.522. The molecule has 0 saturated carbocycles. The van der Waals surface area contributed by atoms with Crippen molar-refractivity contribution in [3.05, 3.63) is 59.5 Å². The van der Waals surface area contributed by atoms with Gasteiger partial charge in [-0.05, 0) is 62.3 Å². The van der Waals surface area contributed by atoms with Crippen molar-refractivity contribution in [2.45, 2.75) is 45.8 Å². The predicted octanol–water partition coefficient (Wildman–Crippen LogP) is 3.76. The normalized spacial score (nSPS) is 15.6. The minimum atomic E-state index is -0.140. The van der Waals surface area contributed by atoms with Crippen molar-refractivity contribution >= 4 is 6.03 Å². The second-order valence-electron chi connectivity index (χ2n) is 7.57. The largest absolute Gasteiger partial charge is 0.468 e. The summed E-state index contributed by atoms with van der Waals surface area (Å²) in [6.07, 6.45) is 4.10. The molecule has 1 aromatic carbocycles. The summed E-state index contributed by atoms with van der Waals surface area (Å²) in [6, 6.07) is 12.2. The molecule has 2 heterocycles. The fourth-order valence-electron chi connectivity index (χ4n) is 3.94. The summed E-state index contributed by atoms with van der Waals surface area (Å²) in [5.74, 6) is 0.914. The van der Waals surface area contributed by atoms with Gasteiger partial charge in [-0.3, -0.25) is 9.80 Å². The first-order chi connectivity index (χ1) is 14.2. The molecular weight excluding hydrogens is 364 g/mol. The summed E-state index contributed by atoms with van der Waals surface area (Å²) in [4.78, 5) is 17.2. The molecule has 6 nitrogen and oxygen atoms in total. The lowest BCUT2D eigenvalue weighted by Gasteiger charge is -2.26. The Bertz CT molecular complexity index is 737. The standard InChI is InChI=1S/C23H34N4O2/c1-3-26(4-2)18-20-11-6-5-10-19(20)16-24-23(28)25-17-21(22-12-9-15-29-22)27-13-7-8-14-27/h5-6,9-12,15,21H,3-4,7-8,13-14,16-18H2,1-2H3,(H2,24,25,28). The van der Waals surface area contributed by atoms with Crippen molar-refractivity contribution in [2.75, 3.05) is 32.7 Å². The number of nitrogens with zero attached hydrogens (tertiary/aromatic N) is 2. The number of rotatable bonds is 10. The third-order valence-corrected chi connectivity index (χ3v) is 5.76. The minimum Gasteiger partial charge on any atom is -0.468 e. The van der Waals surface area contributed by atoms with Crippen LogP contribution in [0.2, 0.25) is 0 Å². The molecule has 0 bridgehead atoms. The molecular formula is C23H34N4O2. The van der Waals surface area contributed by atoms with E-state index in [-0.39, 0.29) is 12.1 Å². The minimum absolute atomic E-state index is 0.0909. The Hall–Kier alpha value is -2.31. The molecule has 1 aromatic heterocycles. The van der Waals surface area contributed by atoms with Crippen LogP contribution in [-0.2, 0) is 13.1 Å². The highest BCUT2D eigenvalue weighted by Crippen LogP contribution is 2.24. The summed E-state index contributed by atoms with van der Waals surface area (Å²) >= 11 is 0. The molecule has 0 aliphatic carbocycles. The topological polar surface area (TPSA) is 60.8 Å². The molecule has 1 saturated heterocycles. The summed E-state index contributed by atoms with van der Waals surface area (Å²) < 4.78 is 5.63. The highest BCUT2D eigenvalue weighted by Gasteiger charge is 2.25. The van der Waals surface area contributed by atoms with E-state index in [0.29, 0.717) is 13.1 Å². The van der Waals surface area contributed by atoms with Gasteiger partial charge < -0.3 is 15.1 Å². The maximum absolute atomic E-state index is 12.5. The Labute approximate surface area is 174 Å². The van der Waals surface area contributed by atoms with Crippen LogP contribution in [0.5, 0.6) is 0 Å². The van der Waals surface area contributed by atoms with Crippen molar-refractivity contribution in [2.24, 2.45) is 0 Å². The van der Waals surface area contributed by atoms with Crippen LogP contribution in [0.1, 0.15) is 49.6 Å². The van der Waals surface area contributed by atoms with E-state index in [1.165, 1.54) is 18.4 Å². The molecule has 3 rings (SSSR count). The number of furan rings is 1. The van der Waals surface area contributed by atoms with Crippen LogP contribution in [0.15, 0.2) is 47.1 Å². The molecule has 6 heteroatoms. The second-order valence-corrected chi connectivity index (χ2v) is 7.57. The van der Waals surface area contributed by atoms with Gasteiger partial charge in [0.15, 0.2) is 0 Å². The third-order valence-electron chi connectivity index (χ3n) is 5.76. The SMILES string of the molecule is CCN(CC)Cc1ccccc1CNC(=O)NCC(c1ccco1)N1CCCC1. The Kier molecular flexibility index (Phi) is 8.14. The van der Waals surface area contributed by atoms with Gasteiger partial charge in [0.1, 0.15) is 5.76 Å². The molecule has 2 aromatic rings. The van der Waals surface area contributed by atoms with E-state index < -0.39 is 0 Å². The summed E-state index contributed by atoms with van der Waals surface area (Å²) in [5, 5.41) is 6.06. The van der Waals surface area contributed by atoms with Gasteiger partial charge in [-0.25, -0.2) is 4.79 Å². The first kappa shape index (κ1) is 21.4. The maximum Gasteiger partial charge on any atom is 0.315 e. The van der Waals surface area contributed by atoms with E-state index in [9.17, 15) is 4.79 Å². The molecule has 2 amide bonds. The number of benzene rings is 1. The molecule has 0 radical (unpaired) electrons. The van der Waals surface area contributed by atoms with Crippen molar-refractivity contribution < 1.29 is 9.21 Å². The molecule has 2 N–H and O–H groups in total. The monoisotopic (exact) mass is 398 g/mol. The van der Waals surface area contributed by atoms with Crippen molar-refractivity contribution in [1.29, 1.82) is 0 Å². The number of amides is 2. The number of carbonyl (C=O) groups is 1. The molecule has 1 unspecified atom stereocenters. The van der Waals surface area contributed by atoms with Crippen LogP contribution in [-0.4, -0.2) is 48.6 Å². The van der Waals surface area contributed by atoms with Crippen LogP contribution >= 0.6 is 0 Å². The molecule has 1 fully saturated rings. The molecule has 1 aliphatic heterocycles. The van der Waals surface area contributed by atoms with E-state index in [0.717, 1.165) is 44.0 Å². The lowest BCUT2D eigenvalue weighted by atomic mass is 10.1. The average Bonchev–Trinajstić information content (AvgIpc) is 3.46. The summed E-state index contributed by atoms with van der Waals surface area (Å²) in [7, 11) is 0. The quantitative estimate of drug-likeness (QED) is 0.640. The lowest BCUT2D eigenvalue weighted by Crippen LogP contribution is -2.41. The Balaban J connectivity index is 1.53. The zero-order valence-electron chi connectivity index (χ0n) is 17.7. The third kappa shape index (κ3) is 6.08. The van der Waals surface area contributed by atoms with E-state index >= 15 is 0 Å². The van der Waals surface area contributed by atoms with E-state index in [1.807, 2.05) is 18.2 Å². The number of nitrogens with one attached hydrogen (secondary N) is 2. The number of carbonyl (C=O) groups excluding carboxylic acids is 1. The highest BCUT2D eigenvalue weighted by molar-refractivity contribution is 5.73. The van der Waals surface area contributed by atoms with Crippen LogP contribution < -0.4 is 10.6 Å². The molecule has 1 atom stereocenters. The Morgan fingerprint density at radius 3 is 2.45 bits per heavy atom. The van der Waals surface area contributed by atoms with Gasteiger partial charge in [0.25, 0.3) is 0 Å². The maximum atomic E-state index is 12.5. The molecule has 158 valence electrons. The van der Waals surface area contributed by atoms with Gasteiger partial charge >= 0.3 is 6.03 Å². The zero-order valence-corrected chi connectivity index (χ0v) is 17.7. The second kappa shape index (κ2) is 11.0. The van der Waals surface area contributed by atoms with E-state index in [2.05, 4.69) is 52.5 Å². The highest BCUT2D eigenvalue weighted by atomic mass is 16.3. The van der Waals surface area contributed by atoms with Crippen LogP contribution in [0, 0.1) is 0 Å². The van der Waals surface area contributed by atoms with E-state index in [1.54, 1.807) is 6.26 Å². The first-order valence-corrected chi connectivity index (χ1v) is 10.8. The summed E-state index contributed by atoms with van der Waals surface area (Å²) in [6.45, 7) is 10.5. The van der Waals surface area contributed by atoms with Crippen molar-refractivity contribution in [1.82, 2.24) is 20.4 Å². The van der Waals surface area contributed by atoms with Crippen LogP contribution in [0.3, 0.4) is 0 Å².